The number of hydrogen-bond acceptors (Lipinski definition) is 2. The van der Waals surface area contributed by atoms with E-state index in [1.807, 2.05) is 6.07 Å². The van der Waals surface area contributed by atoms with Crippen LogP contribution in [0.5, 0.6) is 5.75 Å². The third-order valence-electron chi connectivity index (χ3n) is 4.95. The summed E-state index contributed by atoms with van der Waals surface area (Å²) < 4.78 is 5.38. The number of methoxy groups -OCH3 is 1. The van der Waals surface area contributed by atoms with E-state index < -0.39 is 0 Å². The third-order valence-corrected chi connectivity index (χ3v) is 4.95. The van der Waals surface area contributed by atoms with Crippen molar-refractivity contribution in [3.05, 3.63) is 65.4 Å². The van der Waals surface area contributed by atoms with Gasteiger partial charge in [0.05, 0.1) is 7.11 Å². The van der Waals surface area contributed by atoms with Gasteiger partial charge in [-0.2, -0.15) is 0 Å². The maximum Gasteiger partial charge on any atom is 0.119 e. The molecule has 1 heterocycles. The van der Waals surface area contributed by atoms with Crippen molar-refractivity contribution in [2.24, 2.45) is 5.73 Å². The Hall–Kier alpha value is -2.26. The summed E-state index contributed by atoms with van der Waals surface area (Å²) in [4.78, 5) is 3.36. The SMILES string of the molecule is COc1ccc2[nH]cc(C(CN)Cc3ccc(C(C)(C)C)cc3)c2c1. The molecule has 132 valence electrons. The smallest absolute Gasteiger partial charge is 0.119 e. The summed E-state index contributed by atoms with van der Waals surface area (Å²) in [6.45, 7) is 7.34. The number of fused-ring (bicyclic) bond motifs is 1. The Labute approximate surface area is 150 Å². The lowest BCUT2D eigenvalue weighted by atomic mass is 9.85. The molecule has 3 aromatic rings. The van der Waals surface area contributed by atoms with Gasteiger partial charge in [-0.3, -0.25) is 0 Å². The lowest BCUT2D eigenvalue weighted by Gasteiger charge is -2.20. The van der Waals surface area contributed by atoms with Gasteiger partial charge in [0.2, 0.25) is 0 Å². The lowest BCUT2D eigenvalue weighted by molar-refractivity contribution is 0.415. The fourth-order valence-electron chi connectivity index (χ4n) is 3.33. The quantitative estimate of drug-likeness (QED) is 0.706. The molecule has 3 N–H and O–H groups in total. The second kappa shape index (κ2) is 6.93. The minimum Gasteiger partial charge on any atom is -0.497 e. The van der Waals surface area contributed by atoms with Crippen LogP contribution >= 0.6 is 0 Å². The molecule has 0 aliphatic heterocycles. The van der Waals surface area contributed by atoms with Crippen molar-refractivity contribution in [2.75, 3.05) is 13.7 Å². The molecule has 0 saturated carbocycles. The molecule has 0 aliphatic carbocycles. The van der Waals surface area contributed by atoms with Gasteiger partial charge in [0.25, 0.3) is 0 Å². The molecule has 0 spiro atoms. The van der Waals surface area contributed by atoms with E-state index in [0.29, 0.717) is 6.54 Å². The summed E-state index contributed by atoms with van der Waals surface area (Å²) in [5, 5.41) is 1.20. The van der Waals surface area contributed by atoms with Crippen LogP contribution in [-0.4, -0.2) is 18.6 Å². The molecule has 0 aliphatic rings. The average Bonchev–Trinajstić information content (AvgIpc) is 3.02. The summed E-state index contributed by atoms with van der Waals surface area (Å²) in [5.74, 6) is 1.15. The molecule has 25 heavy (non-hydrogen) atoms. The van der Waals surface area contributed by atoms with Crippen molar-refractivity contribution in [2.45, 2.75) is 38.5 Å². The van der Waals surface area contributed by atoms with Crippen molar-refractivity contribution in [3.63, 3.8) is 0 Å². The van der Waals surface area contributed by atoms with Crippen LogP contribution in [0, 0.1) is 0 Å². The first-order valence-electron chi connectivity index (χ1n) is 8.87. The molecule has 0 bridgehead atoms. The van der Waals surface area contributed by atoms with E-state index in [9.17, 15) is 0 Å². The van der Waals surface area contributed by atoms with E-state index in [0.717, 1.165) is 17.7 Å². The second-order valence-corrected chi connectivity index (χ2v) is 7.74. The topological polar surface area (TPSA) is 51.0 Å². The number of benzene rings is 2. The van der Waals surface area contributed by atoms with E-state index >= 15 is 0 Å². The summed E-state index contributed by atoms with van der Waals surface area (Å²) >= 11 is 0. The zero-order valence-electron chi connectivity index (χ0n) is 15.6. The van der Waals surface area contributed by atoms with Crippen LogP contribution in [0.1, 0.15) is 43.4 Å². The molecule has 3 nitrogen and oxygen atoms in total. The summed E-state index contributed by atoms with van der Waals surface area (Å²) in [5.41, 5.74) is 11.4. The number of ether oxygens (including phenoxy) is 1. The van der Waals surface area contributed by atoms with Gasteiger partial charge in [-0.1, -0.05) is 45.0 Å². The Bertz CT molecular complexity index is 841. The highest BCUT2D eigenvalue weighted by molar-refractivity contribution is 5.85. The van der Waals surface area contributed by atoms with Gasteiger partial charge in [0, 0.05) is 23.0 Å². The fourth-order valence-corrected chi connectivity index (χ4v) is 3.33. The van der Waals surface area contributed by atoms with E-state index in [1.54, 1.807) is 7.11 Å². The Morgan fingerprint density at radius 1 is 1.08 bits per heavy atom. The molecular weight excluding hydrogens is 308 g/mol. The Morgan fingerprint density at radius 3 is 2.40 bits per heavy atom. The monoisotopic (exact) mass is 336 g/mol. The van der Waals surface area contributed by atoms with Crippen molar-refractivity contribution >= 4 is 10.9 Å². The average molecular weight is 336 g/mol. The van der Waals surface area contributed by atoms with Crippen LogP contribution in [0.4, 0.5) is 0 Å². The highest BCUT2D eigenvalue weighted by Crippen LogP contribution is 2.31. The normalized spacial score (nSPS) is 13.2. The minimum atomic E-state index is 0.180. The number of H-pyrrole nitrogens is 1. The first-order chi connectivity index (χ1) is 11.9. The van der Waals surface area contributed by atoms with Gasteiger partial charge in [0.1, 0.15) is 5.75 Å². The molecule has 1 unspecified atom stereocenters. The summed E-state index contributed by atoms with van der Waals surface area (Å²) in [6.07, 6.45) is 3.02. The highest BCUT2D eigenvalue weighted by Gasteiger charge is 2.17. The van der Waals surface area contributed by atoms with Crippen LogP contribution < -0.4 is 10.5 Å². The molecule has 1 aromatic heterocycles. The van der Waals surface area contributed by atoms with Gasteiger partial charge in [-0.25, -0.2) is 0 Å². The van der Waals surface area contributed by atoms with Crippen LogP contribution in [0.25, 0.3) is 10.9 Å². The van der Waals surface area contributed by atoms with Gasteiger partial charge in [-0.05, 0) is 53.3 Å². The predicted molar refractivity (Wildman–Crippen MR) is 105 cm³/mol. The van der Waals surface area contributed by atoms with Crippen molar-refractivity contribution in [1.29, 1.82) is 0 Å². The highest BCUT2D eigenvalue weighted by atomic mass is 16.5. The Kier molecular flexibility index (Phi) is 4.87. The number of aromatic amines is 1. The molecular formula is C22H28N2O. The first-order valence-corrected chi connectivity index (χ1v) is 8.87. The Morgan fingerprint density at radius 2 is 1.80 bits per heavy atom. The van der Waals surface area contributed by atoms with Gasteiger partial charge >= 0.3 is 0 Å². The third kappa shape index (κ3) is 3.72. The predicted octanol–water partition coefficient (Wildman–Crippen LogP) is 4.76. The number of aromatic nitrogens is 1. The maximum atomic E-state index is 6.13. The number of rotatable bonds is 5. The van der Waals surface area contributed by atoms with Crippen molar-refractivity contribution in [1.82, 2.24) is 4.98 Å². The molecule has 1 atom stereocenters. The Balaban J connectivity index is 1.88. The van der Waals surface area contributed by atoms with E-state index in [2.05, 4.69) is 68.4 Å². The molecule has 3 heteroatoms. The molecule has 2 aromatic carbocycles. The summed E-state index contributed by atoms with van der Waals surface area (Å²) in [7, 11) is 1.70. The number of hydrogen-bond donors (Lipinski definition) is 2. The standard InChI is InChI=1S/C22H28N2O/c1-22(2,3)17-7-5-15(6-8-17)11-16(13-23)20-14-24-21-10-9-18(25-4)12-19(20)21/h5-10,12,14,16,24H,11,13,23H2,1-4H3. The first kappa shape index (κ1) is 17.6. The van der Waals surface area contributed by atoms with Crippen molar-refractivity contribution < 1.29 is 4.74 Å². The molecule has 0 saturated heterocycles. The van der Waals surface area contributed by atoms with Crippen LogP contribution in [-0.2, 0) is 11.8 Å². The van der Waals surface area contributed by atoms with E-state index in [1.165, 1.54) is 22.1 Å². The van der Waals surface area contributed by atoms with E-state index in [-0.39, 0.29) is 11.3 Å². The lowest BCUT2D eigenvalue weighted by Crippen LogP contribution is -2.15. The molecule has 0 fully saturated rings. The van der Waals surface area contributed by atoms with Gasteiger partial charge in [0.15, 0.2) is 0 Å². The minimum absolute atomic E-state index is 0.180. The maximum absolute atomic E-state index is 6.13. The van der Waals surface area contributed by atoms with Crippen LogP contribution in [0.3, 0.4) is 0 Å². The molecule has 0 radical (unpaired) electrons. The van der Waals surface area contributed by atoms with E-state index in [4.69, 9.17) is 10.5 Å². The summed E-state index contributed by atoms with van der Waals surface area (Å²) in [6, 6.07) is 15.1. The fraction of sp³-hybridized carbons (Fsp3) is 0.364. The number of nitrogens with one attached hydrogen (secondary N) is 1. The van der Waals surface area contributed by atoms with Gasteiger partial charge < -0.3 is 15.5 Å². The van der Waals surface area contributed by atoms with Crippen LogP contribution in [0.15, 0.2) is 48.7 Å². The zero-order chi connectivity index (χ0) is 18.0. The zero-order valence-corrected chi connectivity index (χ0v) is 15.6. The second-order valence-electron chi connectivity index (χ2n) is 7.74. The number of nitrogens with two attached hydrogens (primary N) is 1. The van der Waals surface area contributed by atoms with Gasteiger partial charge in [-0.15, -0.1) is 0 Å². The molecule has 3 rings (SSSR count). The largest absolute Gasteiger partial charge is 0.497 e. The van der Waals surface area contributed by atoms with Crippen molar-refractivity contribution in [3.8, 4) is 5.75 Å². The molecule has 0 amide bonds. The van der Waals surface area contributed by atoms with Crippen LogP contribution in [0.2, 0.25) is 0 Å².